The number of hydrogen-bond acceptors (Lipinski definition) is 5. The number of esters is 1. The first-order valence-corrected chi connectivity index (χ1v) is 9.38. The van der Waals surface area contributed by atoms with Gasteiger partial charge in [0.1, 0.15) is 11.5 Å². The molecule has 28 heavy (non-hydrogen) atoms. The fraction of sp³-hybridized carbons (Fsp3) is 0.364. The van der Waals surface area contributed by atoms with Gasteiger partial charge in [0.05, 0.1) is 19.3 Å². The molecule has 1 N–H and O–H groups in total. The van der Waals surface area contributed by atoms with Gasteiger partial charge in [0.2, 0.25) is 0 Å². The van der Waals surface area contributed by atoms with E-state index in [1.54, 1.807) is 38.3 Å². The highest BCUT2D eigenvalue weighted by Gasteiger charge is 2.15. The van der Waals surface area contributed by atoms with Crippen molar-refractivity contribution in [3.63, 3.8) is 0 Å². The number of carbonyl (C=O) groups is 2. The maximum Gasteiger partial charge on any atom is 0.338 e. The van der Waals surface area contributed by atoms with Crippen LogP contribution in [0.15, 0.2) is 48.5 Å². The third-order valence-electron chi connectivity index (χ3n) is 4.13. The summed E-state index contributed by atoms with van der Waals surface area (Å²) in [6.45, 7) is 4.53. The first kappa shape index (κ1) is 21.3. The van der Waals surface area contributed by atoms with Gasteiger partial charge in [-0.05, 0) is 55.3 Å². The summed E-state index contributed by atoms with van der Waals surface area (Å²) in [5.74, 6) is 0.700. The molecule has 0 fully saturated rings. The van der Waals surface area contributed by atoms with Crippen molar-refractivity contribution in [2.24, 2.45) is 0 Å². The van der Waals surface area contributed by atoms with Crippen molar-refractivity contribution < 1.29 is 23.8 Å². The van der Waals surface area contributed by atoms with Gasteiger partial charge < -0.3 is 19.5 Å². The average molecular weight is 385 g/mol. The topological polar surface area (TPSA) is 73.9 Å². The molecule has 0 spiro atoms. The molecule has 150 valence electrons. The first-order valence-electron chi connectivity index (χ1n) is 9.38. The van der Waals surface area contributed by atoms with E-state index in [0.29, 0.717) is 24.5 Å². The monoisotopic (exact) mass is 385 g/mol. The van der Waals surface area contributed by atoms with Crippen LogP contribution >= 0.6 is 0 Å². The fourth-order valence-electron chi connectivity index (χ4n) is 2.40. The summed E-state index contributed by atoms with van der Waals surface area (Å²) < 4.78 is 15.9. The van der Waals surface area contributed by atoms with Crippen LogP contribution in [0.2, 0.25) is 0 Å². The van der Waals surface area contributed by atoms with Gasteiger partial charge in [0.25, 0.3) is 5.91 Å². The summed E-state index contributed by atoms with van der Waals surface area (Å²) in [5.41, 5.74) is 1.42. The van der Waals surface area contributed by atoms with Crippen LogP contribution in [0.25, 0.3) is 0 Å². The molecule has 0 saturated heterocycles. The van der Waals surface area contributed by atoms with E-state index in [1.807, 2.05) is 31.2 Å². The second-order valence-electron chi connectivity index (χ2n) is 6.34. The number of amides is 1. The summed E-state index contributed by atoms with van der Waals surface area (Å²) in [4.78, 5) is 24.1. The fourth-order valence-corrected chi connectivity index (χ4v) is 2.40. The van der Waals surface area contributed by atoms with Crippen molar-refractivity contribution in [3.05, 3.63) is 59.7 Å². The highest BCUT2D eigenvalue weighted by molar-refractivity contribution is 5.89. The third-order valence-corrected chi connectivity index (χ3v) is 4.13. The SMILES string of the molecule is CCCCOC(=O)c1ccc(O[C@H](C)C(=O)NCc2ccc(OC)cc2)cc1. The Morgan fingerprint density at radius 2 is 1.64 bits per heavy atom. The Hall–Kier alpha value is -3.02. The van der Waals surface area contributed by atoms with Crippen LogP contribution in [-0.2, 0) is 16.1 Å². The largest absolute Gasteiger partial charge is 0.497 e. The van der Waals surface area contributed by atoms with Crippen LogP contribution in [0, 0.1) is 0 Å². The van der Waals surface area contributed by atoms with Crippen molar-refractivity contribution in [2.45, 2.75) is 39.3 Å². The van der Waals surface area contributed by atoms with Crippen LogP contribution in [-0.4, -0.2) is 31.7 Å². The van der Waals surface area contributed by atoms with E-state index in [4.69, 9.17) is 14.2 Å². The Kier molecular flexibility index (Phi) is 8.34. The van der Waals surface area contributed by atoms with Gasteiger partial charge in [0, 0.05) is 6.54 Å². The molecule has 0 bridgehead atoms. The highest BCUT2D eigenvalue weighted by Crippen LogP contribution is 2.15. The van der Waals surface area contributed by atoms with Crippen molar-refractivity contribution >= 4 is 11.9 Å². The van der Waals surface area contributed by atoms with E-state index >= 15 is 0 Å². The number of methoxy groups -OCH3 is 1. The summed E-state index contributed by atoms with van der Waals surface area (Å²) in [6.07, 6.45) is 1.15. The van der Waals surface area contributed by atoms with Crippen LogP contribution in [0.3, 0.4) is 0 Å². The van der Waals surface area contributed by atoms with E-state index < -0.39 is 6.10 Å². The molecule has 2 aromatic carbocycles. The summed E-state index contributed by atoms with van der Waals surface area (Å²) in [5, 5.41) is 2.84. The lowest BCUT2D eigenvalue weighted by atomic mass is 10.2. The summed E-state index contributed by atoms with van der Waals surface area (Å²) in [7, 11) is 1.61. The van der Waals surface area contributed by atoms with Crippen molar-refractivity contribution in [3.8, 4) is 11.5 Å². The van der Waals surface area contributed by atoms with Crippen LogP contribution in [0.5, 0.6) is 11.5 Å². The number of rotatable bonds is 10. The number of nitrogens with one attached hydrogen (secondary N) is 1. The maximum absolute atomic E-state index is 12.2. The normalized spacial score (nSPS) is 11.4. The smallest absolute Gasteiger partial charge is 0.338 e. The molecule has 2 aromatic rings. The molecule has 0 aliphatic carbocycles. The minimum absolute atomic E-state index is 0.223. The highest BCUT2D eigenvalue weighted by atomic mass is 16.5. The number of unbranched alkanes of at least 4 members (excludes halogenated alkanes) is 1. The van der Waals surface area contributed by atoms with E-state index in [0.717, 1.165) is 24.2 Å². The van der Waals surface area contributed by atoms with Gasteiger partial charge in [-0.2, -0.15) is 0 Å². The molecule has 6 heteroatoms. The molecule has 0 unspecified atom stereocenters. The lowest BCUT2D eigenvalue weighted by molar-refractivity contribution is -0.127. The molecule has 0 radical (unpaired) electrons. The molecule has 0 aromatic heterocycles. The van der Waals surface area contributed by atoms with Gasteiger partial charge in [-0.25, -0.2) is 4.79 Å². The van der Waals surface area contributed by atoms with Crippen LogP contribution < -0.4 is 14.8 Å². The number of ether oxygens (including phenoxy) is 3. The molecular formula is C22H27NO5. The van der Waals surface area contributed by atoms with Gasteiger partial charge in [-0.3, -0.25) is 4.79 Å². The average Bonchev–Trinajstić information content (AvgIpc) is 2.73. The molecular weight excluding hydrogens is 358 g/mol. The number of benzene rings is 2. The predicted octanol–water partition coefficient (Wildman–Crippen LogP) is 3.74. The van der Waals surface area contributed by atoms with Crippen molar-refractivity contribution in [1.82, 2.24) is 5.32 Å². The summed E-state index contributed by atoms with van der Waals surface area (Å²) in [6, 6.07) is 14.0. The zero-order valence-corrected chi connectivity index (χ0v) is 16.6. The quantitative estimate of drug-likeness (QED) is 0.498. The van der Waals surface area contributed by atoms with Crippen molar-refractivity contribution in [2.75, 3.05) is 13.7 Å². The van der Waals surface area contributed by atoms with Gasteiger partial charge >= 0.3 is 5.97 Å². The number of carbonyl (C=O) groups excluding carboxylic acids is 2. The minimum Gasteiger partial charge on any atom is -0.497 e. The lowest BCUT2D eigenvalue weighted by Gasteiger charge is -2.15. The van der Waals surface area contributed by atoms with E-state index in [9.17, 15) is 9.59 Å². The molecule has 1 amide bonds. The molecule has 0 aliphatic heterocycles. The zero-order valence-electron chi connectivity index (χ0n) is 16.6. The second kappa shape index (κ2) is 11.0. The molecule has 6 nitrogen and oxygen atoms in total. The Balaban J connectivity index is 1.81. The maximum atomic E-state index is 12.2. The standard InChI is InChI=1S/C22H27NO5/c1-4-5-14-27-22(25)18-8-12-20(13-9-18)28-16(2)21(24)23-15-17-6-10-19(26-3)11-7-17/h6-13,16H,4-5,14-15H2,1-3H3,(H,23,24)/t16-/m1/s1. The lowest BCUT2D eigenvalue weighted by Crippen LogP contribution is -2.35. The first-order chi connectivity index (χ1) is 13.5. The molecule has 0 saturated carbocycles. The van der Waals surface area contributed by atoms with Crippen molar-refractivity contribution in [1.29, 1.82) is 0 Å². The van der Waals surface area contributed by atoms with Gasteiger partial charge in [-0.15, -0.1) is 0 Å². The van der Waals surface area contributed by atoms with Gasteiger partial charge in [0.15, 0.2) is 6.10 Å². The molecule has 2 rings (SSSR count). The number of hydrogen-bond donors (Lipinski definition) is 1. The zero-order chi connectivity index (χ0) is 20.4. The summed E-state index contributed by atoms with van der Waals surface area (Å²) >= 11 is 0. The Morgan fingerprint density at radius 3 is 2.25 bits per heavy atom. The van der Waals surface area contributed by atoms with E-state index in [1.165, 1.54) is 0 Å². The second-order valence-corrected chi connectivity index (χ2v) is 6.34. The molecule has 0 heterocycles. The molecule has 0 aliphatic rings. The van der Waals surface area contributed by atoms with Crippen LogP contribution in [0.1, 0.15) is 42.6 Å². The van der Waals surface area contributed by atoms with Crippen LogP contribution in [0.4, 0.5) is 0 Å². The van der Waals surface area contributed by atoms with E-state index in [-0.39, 0.29) is 11.9 Å². The molecule has 1 atom stereocenters. The predicted molar refractivity (Wildman–Crippen MR) is 107 cm³/mol. The van der Waals surface area contributed by atoms with Gasteiger partial charge in [-0.1, -0.05) is 25.5 Å². The van der Waals surface area contributed by atoms with E-state index in [2.05, 4.69) is 5.32 Å². The Morgan fingerprint density at radius 1 is 1.00 bits per heavy atom. The minimum atomic E-state index is -0.666. The Bertz CT molecular complexity index is 756. The third kappa shape index (κ3) is 6.61. The Labute approximate surface area is 165 Å².